The first-order valence-corrected chi connectivity index (χ1v) is 10.9. The van der Waals surface area contributed by atoms with Gasteiger partial charge in [0, 0.05) is 30.6 Å². The van der Waals surface area contributed by atoms with E-state index in [1.54, 1.807) is 31.7 Å². The van der Waals surface area contributed by atoms with Gasteiger partial charge in [0.2, 0.25) is 5.91 Å². The van der Waals surface area contributed by atoms with Gasteiger partial charge < -0.3 is 10.6 Å². The lowest BCUT2D eigenvalue weighted by Crippen LogP contribution is -2.34. The number of fused-ring (bicyclic) bond motifs is 1. The van der Waals surface area contributed by atoms with E-state index in [1.807, 2.05) is 0 Å². The second kappa shape index (κ2) is 8.41. The van der Waals surface area contributed by atoms with Gasteiger partial charge in [-0.05, 0) is 50.3 Å². The van der Waals surface area contributed by atoms with E-state index < -0.39 is 11.7 Å². The molecule has 1 aliphatic carbocycles. The Morgan fingerprint density at radius 1 is 1.16 bits per heavy atom. The molecule has 0 radical (unpaired) electrons. The molecule has 2 heterocycles. The van der Waals surface area contributed by atoms with E-state index in [0.717, 1.165) is 31.7 Å². The Kier molecular flexibility index (Phi) is 5.83. The first-order valence-electron chi connectivity index (χ1n) is 10.0. The third-order valence-electron chi connectivity index (χ3n) is 5.62. The summed E-state index contributed by atoms with van der Waals surface area (Å²) < 4.78 is 41.6. The van der Waals surface area contributed by atoms with Crippen LogP contribution in [0.3, 0.4) is 0 Å². The number of amides is 1. The van der Waals surface area contributed by atoms with E-state index in [4.69, 9.17) is 0 Å². The second-order valence-electron chi connectivity index (χ2n) is 7.71. The first kappa shape index (κ1) is 21.5. The Labute approximate surface area is 181 Å². The van der Waals surface area contributed by atoms with Gasteiger partial charge in [-0.2, -0.15) is 13.2 Å². The first-order chi connectivity index (χ1) is 14.8. The molecule has 1 amide bonds. The lowest BCUT2D eigenvalue weighted by atomic mass is 9.85. The SMILES string of the molecule is CNC(=O)[C@H]1CC[C@@H](Nc2nc(C)nc3c(C(F)(F)F)cc(-c4cncs4)cc23)CC1. The summed E-state index contributed by atoms with van der Waals surface area (Å²) in [6.07, 6.45) is -0.0815. The number of aromatic nitrogens is 3. The summed E-state index contributed by atoms with van der Waals surface area (Å²) in [5, 5.41) is 6.34. The van der Waals surface area contributed by atoms with Crippen molar-refractivity contribution in [2.24, 2.45) is 5.92 Å². The van der Waals surface area contributed by atoms with E-state index in [-0.39, 0.29) is 29.2 Å². The minimum Gasteiger partial charge on any atom is -0.367 e. The standard InChI is InChI=1S/C21H22F3N5OS/c1-11-27-18-15(7-13(17-9-26-10-31-17)8-16(18)21(22,23)24)19(28-11)29-14-5-3-12(4-6-14)20(30)25-2/h7-10,12,14H,3-6H2,1-2H3,(H,25,30)(H,27,28,29)/t12-,14+. The zero-order chi connectivity index (χ0) is 22.2. The van der Waals surface area contributed by atoms with Crippen LogP contribution in [0.5, 0.6) is 0 Å². The number of halogens is 3. The molecule has 31 heavy (non-hydrogen) atoms. The van der Waals surface area contributed by atoms with Crippen molar-refractivity contribution < 1.29 is 18.0 Å². The molecule has 0 atom stereocenters. The molecule has 2 aromatic heterocycles. The fraction of sp³-hybridized carbons (Fsp3) is 0.429. The number of carbonyl (C=O) groups excluding carboxylic acids is 1. The maximum absolute atomic E-state index is 13.9. The molecule has 0 aliphatic heterocycles. The van der Waals surface area contributed by atoms with Crippen molar-refractivity contribution in [3.8, 4) is 10.4 Å². The molecule has 1 saturated carbocycles. The van der Waals surface area contributed by atoms with E-state index in [2.05, 4.69) is 25.6 Å². The number of thiazole rings is 1. The molecule has 0 saturated heterocycles. The quantitative estimate of drug-likeness (QED) is 0.598. The van der Waals surface area contributed by atoms with E-state index in [1.165, 1.54) is 11.3 Å². The van der Waals surface area contributed by atoms with Crippen LogP contribution in [0.25, 0.3) is 21.3 Å². The van der Waals surface area contributed by atoms with Crippen molar-refractivity contribution in [1.29, 1.82) is 0 Å². The second-order valence-corrected chi connectivity index (χ2v) is 8.60. The van der Waals surface area contributed by atoms with Crippen molar-refractivity contribution in [3.05, 3.63) is 35.2 Å². The molecule has 0 unspecified atom stereocenters. The van der Waals surface area contributed by atoms with Crippen molar-refractivity contribution >= 4 is 34.0 Å². The third kappa shape index (κ3) is 4.48. The highest BCUT2D eigenvalue weighted by molar-refractivity contribution is 7.13. The molecular weight excluding hydrogens is 427 g/mol. The fourth-order valence-corrected chi connectivity index (χ4v) is 4.68. The number of rotatable bonds is 4. The number of hydrogen-bond donors (Lipinski definition) is 2. The number of hydrogen-bond acceptors (Lipinski definition) is 6. The summed E-state index contributed by atoms with van der Waals surface area (Å²) in [7, 11) is 1.63. The Morgan fingerprint density at radius 2 is 1.90 bits per heavy atom. The maximum Gasteiger partial charge on any atom is 0.418 e. The summed E-state index contributed by atoms with van der Waals surface area (Å²) in [5.41, 5.74) is 1.11. The van der Waals surface area contributed by atoms with Crippen LogP contribution >= 0.6 is 11.3 Å². The van der Waals surface area contributed by atoms with Crippen LogP contribution in [0.4, 0.5) is 19.0 Å². The van der Waals surface area contributed by atoms with Crippen LogP contribution in [0.1, 0.15) is 37.1 Å². The largest absolute Gasteiger partial charge is 0.418 e. The average Bonchev–Trinajstić information content (AvgIpc) is 3.27. The van der Waals surface area contributed by atoms with Gasteiger partial charge >= 0.3 is 6.18 Å². The van der Waals surface area contributed by atoms with Gasteiger partial charge in [-0.25, -0.2) is 9.97 Å². The summed E-state index contributed by atoms with van der Waals surface area (Å²) in [5.74, 6) is 0.667. The summed E-state index contributed by atoms with van der Waals surface area (Å²) in [6, 6.07) is 2.84. The van der Waals surface area contributed by atoms with Gasteiger partial charge in [-0.1, -0.05) is 0 Å². The molecule has 0 spiro atoms. The molecule has 164 valence electrons. The smallest absolute Gasteiger partial charge is 0.367 e. The van der Waals surface area contributed by atoms with E-state index >= 15 is 0 Å². The van der Waals surface area contributed by atoms with E-state index in [0.29, 0.717) is 21.6 Å². The van der Waals surface area contributed by atoms with Crippen LogP contribution in [0.15, 0.2) is 23.8 Å². The number of alkyl halides is 3. The maximum atomic E-state index is 13.9. The highest BCUT2D eigenvalue weighted by atomic mass is 32.1. The number of benzene rings is 1. The Bertz CT molecular complexity index is 1090. The number of nitrogens with one attached hydrogen (secondary N) is 2. The molecular formula is C21H22F3N5OS. The normalized spacial score (nSPS) is 19.4. The minimum atomic E-state index is -4.55. The zero-order valence-corrected chi connectivity index (χ0v) is 17.9. The molecule has 6 nitrogen and oxygen atoms in total. The highest BCUT2D eigenvalue weighted by Gasteiger charge is 2.35. The summed E-state index contributed by atoms with van der Waals surface area (Å²) in [6.45, 7) is 1.59. The lowest BCUT2D eigenvalue weighted by molar-refractivity contribution is -0.136. The van der Waals surface area contributed by atoms with Crippen LogP contribution in [0.2, 0.25) is 0 Å². The van der Waals surface area contributed by atoms with Crippen molar-refractivity contribution in [3.63, 3.8) is 0 Å². The molecule has 4 rings (SSSR count). The van der Waals surface area contributed by atoms with Crippen LogP contribution < -0.4 is 10.6 Å². The third-order valence-corrected chi connectivity index (χ3v) is 6.44. The minimum absolute atomic E-state index is 0.0262. The van der Waals surface area contributed by atoms with Crippen molar-refractivity contribution in [2.75, 3.05) is 12.4 Å². The fourth-order valence-electron chi connectivity index (χ4n) is 4.07. The topological polar surface area (TPSA) is 79.8 Å². The van der Waals surface area contributed by atoms with Gasteiger partial charge in [0.05, 0.1) is 21.5 Å². The Morgan fingerprint density at radius 3 is 2.52 bits per heavy atom. The predicted octanol–water partition coefficient (Wildman–Crippen LogP) is 4.80. The monoisotopic (exact) mass is 449 g/mol. The Hall–Kier alpha value is -2.75. The van der Waals surface area contributed by atoms with Gasteiger partial charge in [0.1, 0.15) is 11.6 Å². The van der Waals surface area contributed by atoms with Crippen molar-refractivity contribution in [1.82, 2.24) is 20.3 Å². The van der Waals surface area contributed by atoms with E-state index in [9.17, 15) is 18.0 Å². The molecule has 10 heteroatoms. The molecule has 0 bridgehead atoms. The molecule has 2 N–H and O–H groups in total. The predicted molar refractivity (Wildman–Crippen MR) is 114 cm³/mol. The van der Waals surface area contributed by atoms with Crippen LogP contribution in [-0.4, -0.2) is 33.9 Å². The molecule has 1 aliphatic rings. The van der Waals surface area contributed by atoms with Gasteiger partial charge in [-0.15, -0.1) is 11.3 Å². The zero-order valence-electron chi connectivity index (χ0n) is 17.1. The average molecular weight is 450 g/mol. The number of carbonyl (C=O) groups is 1. The number of anilines is 1. The van der Waals surface area contributed by atoms with Gasteiger partial charge in [0.15, 0.2) is 0 Å². The van der Waals surface area contributed by atoms with Gasteiger partial charge in [-0.3, -0.25) is 9.78 Å². The lowest BCUT2D eigenvalue weighted by Gasteiger charge is -2.29. The molecule has 1 aromatic carbocycles. The molecule has 3 aromatic rings. The van der Waals surface area contributed by atoms with Crippen LogP contribution in [0, 0.1) is 12.8 Å². The number of nitrogens with zero attached hydrogens (tertiary/aromatic N) is 3. The van der Waals surface area contributed by atoms with Crippen molar-refractivity contribution in [2.45, 2.75) is 44.8 Å². The molecule has 1 fully saturated rings. The summed E-state index contributed by atoms with van der Waals surface area (Å²) >= 11 is 1.28. The number of aryl methyl sites for hydroxylation is 1. The highest BCUT2D eigenvalue weighted by Crippen LogP contribution is 2.40. The Balaban J connectivity index is 1.74. The summed E-state index contributed by atoms with van der Waals surface area (Å²) in [4.78, 5) is 25.1. The van der Waals surface area contributed by atoms with Crippen LogP contribution in [-0.2, 0) is 11.0 Å². The van der Waals surface area contributed by atoms with Gasteiger partial charge in [0.25, 0.3) is 0 Å².